The lowest BCUT2D eigenvalue weighted by atomic mass is 9.64. The summed E-state index contributed by atoms with van der Waals surface area (Å²) in [5.74, 6) is 2.14. The first-order valence-corrected chi connectivity index (χ1v) is 7.84. The highest BCUT2D eigenvalue weighted by Gasteiger charge is 2.45. The van der Waals surface area contributed by atoms with Crippen LogP contribution in [0.1, 0.15) is 51.0 Å². The summed E-state index contributed by atoms with van der Waals surface area (Å²) in [6.07, 6.45) is 5.51. The number of anilines is 1. The highest BCUT2D eigenvalue weighted by atomic mass is 15.0. The van der Waals surface area contributed by atoms with Crippen LogP contribution in [-0.4, -0.2) is 6.04 Å². The summed E-state index contributed by atoms with van der Waals surface area (Å²) >= 11 is 0. The van der Waals surface area contributed by atoms with Crippen molar-refractivity contribution in [2.75, 3.05) is 5.32 Å². The van der Waals surface area contributed by atoms with Gasteiger partial charge >= 0.3 is 0 Å². The van der Waals surface area contributed by atoms with Crippen LogP contribution in [0.15, 0.2) is 35.4 Å². The van der Waals surface area contributed by atoms with Gasteiger partial charge in [-0.15, -0.1) is 0 Å². The van der Waals surface area contributed by atoms with Crippen LogP contribution in [0.4, 0.5) is 5.69 Å². The fraction of sp³-hybridized carbons (Fsp3) is 0.556. The Labute approximate surface area is 116 Å². The van der Waals surface area contributed by atoms with Crippen molar-refractivity contribution in [2.45, 2.75) is 51.5 Å². The molecular weight excluding hydrogens is 230 g/mol. The van der Waals surface area contributed by atoms with Gasteiger partial charge in [0, 0.05) is 17.6 Å². The Balaban J connectivity index is 1.82. The molecule has 0 spiro atoms. The predicted octanol–water partition coefficient (Wildman–Crippen LogP) is 4.72. The second-order valence-corrected chi connectivity index (χ2v) is 6.62. The van der Waals surface area contributed by atoms with Crippen LogP contribution < -0.4 is 5.32 Å². The fourth-order valence-corrected chi connectivity index (χ4v) is 4.82. The van der Waals surface area contributed by atoms with E-state index in [0.717, 1.165) is 5.92 Å². The molecule has 0 amide bonds. The molecule has 0 bridgehead atoms. The van der Waals surface area contributed by atoms with Crippen molar-refractivity contribution in [3.8, 4) is 0 Å². The van der Waals surface area contributed by atoms with Gasteiger partial charge in [-0.1, -0.05) is 43.2 Å². The predicted molar refractivity (Wildman–Crippen MR) is 80.4 cm³/mol. The Hall–Kier alpha value is -1.24. The van der Waals surface area contributed by atoms with Gasteiger partial charge in [0.1, 0.15) is 0 Å². The number of hydrogen-bond acceptors (Lipinski definition) is 1. The zero-order valence-electron chi connectivity index (χ0n) is 11.9. The van der Waals surface area contributed by atoms with Crippen molar-refractivity contribution in [3.63, 3.8) is 0 Å². The molecule has 4 atom stereocenters. The minimum atomic E-state index is 0.629. The van der Waals surface area contributed by atoms with E-state index in [4.69, 9.17) is 0 Å². The maximum absolute atomic E-state index is 3.82. The average molecular weight is 253 g/mol. The third-order valence-electron chi connectivity index (χ3n) is 5.76. The first-order valence-electron chi connectivity index (χ1n) is 7.84. The van der Waals surface area contributed by atoms with Crippen LogP contribution in [0.5, 0.6) is 0 Å². The van der Waals surface area contributed by atoms with Gasteiger partial charge in [-0.3, -0.25) is 0 Å². The largest absolute Gasteiger partial charge is 0.381 e. The molecule has 1 heterocycles. The molecule has 0 aromatic heterocycles. The van der Waals surface area contributed by atoms with Gasteiger partial charge in [0.2, 0.25) is 0 Å². The first-order chi connectivity index (χ1) is 9.27. The van der Waals surface area contributed by atoms with Crippen LogP contribution >= 0.6 is 0 Å². The Bertz CT molecular complexity index is 542. The highest BCUT2D eigenvalue weighted by Crippen LogP contribution is 2.53. The molecule has 19 heavy (non-hydrogen) atoms. The molecule has 0 saturated carbocycles. The van der Waals surface area contributed by atoms with Crippen molar-refractivity contribution in [1.82, 2.24) is 0 Å². The lowest BCUT2D eigenvalue weighted by Gasteiger charge is -2.42. The second kappa shape index (κ2) is 4.13. The van der Waals surface area contributed by atoms with Crippen molar-refractivity contribution in [1.29, 1.82) is 0 Å². The normalized spacial score (nSPS) is 36.3. The van der Waals surface area contributed by atoms with Gasteiger partial charge in [0.15, 0.2) is 0 Å². The molecule has 3 aliphatic rings. The highest BCUT2D eigenvalue weighted by molar-refractivity contribution is 5.61. The summed E-state index contributed by atoms with van der Waals surface area (Å²) in [6, 6.07) is 9.58. The Morgan fingerprint density at radius 1 is 0.947 bits per heavy atom. The van der Waals surface area contributed by atoms with Gasteiger partial charge in [-0.25, -0.2) is 0 Å². The van der Waals surface area contributed by atoms with Gasteiger partial charge < -0.3 is 5.32 Å². The van der Waals surface area contributed by atoms with Crippen molar-refractivity contribution in [3.05, 3.63) is 41.0 Å². The Kier molecular flexibility index (Phi) is 2.51. The third kappa shape index (κ3) is 1.54. The van der Waals surface area contributed by atoms with Crippen LogP contribution in [0.3, 0.4) is 0 Å². The fourth-order valence-electron chi connectivity index (χ4n) is 4.82. The van der Waals surface area contributed by atoms with Gasteiger partial charge in [-0.2, -0.15) is 0 Å². The van der Waals surface area contributed by atoms with E-state index in [1.807, 2.05) is 0 Å². The number of para-hydroxylation sites is 1. The molecule has 0 fully saturated rings. The van der Waals surface area contributed by atoms with Crippen molar-refractivity contribution in [2.24, 2.45) is 11.8 Å². The molecule has 1 aliphatic heterocycles. The number of allylic oxidation sites excluding steroid dienone is 1. The number of hydrogen-bond donors (Lipinski definition) is 1. The van der Waals surface area contributed by atoms with E-state index >= 15 is 0 Å². The molecule has 4 rings (SSSR count). The lowest BCUT2D eigenvalue weighted by Crippen LogP contribution is -2.39. The summed E-state index contributed by atoms with van der Waals surface area (Å²) in [5, 5.41) is 3.82. The number of benzene rings is 1. The molecular formula is C18H23N. The molecule has 1 N–H and O–H groups in total. The van der Waals surface area contributed by atoms with E-state index < -0.39 is 0 Å². The average Bonchev–Trinajstić information content (AvgIpc) is 2.84. The molecule has 1 aromatic rings. The summed E-state index contributed by atoms with van der Waals surface area (Å²) < 4.78 is 0. The quantitative estimate of drug-likeness (QED) is 0.660. The zero-order chi connectivity index (χ0) is 13.0. The maximum atomic E-state index is 3.82. The Morgan fingerprint density at radius 3 is 2.42 bits per heavy atom. The van der Waals surface area contributed by atoms with Gasteiger partial charge in [0.25, 0.3) is 0 Å². The monoisotopic (exact) mass is 253 g/mol. The number of nitrogens with one attached hydrogen (secondary N) is 1. The van der Waals surface area contributed by atoms with Gasteiger partial charge in [0.05, 0.1) is 0 Å². The van der Waals surface area contributed by atoms with Crippen LogP contribution in [-0.2, 0) is 0 Å². The maximum Gasteiger partial charge on any atom is 0.0399 e. The topological polar surface area (TPSA) is 12.0 Å². The summed E-state index contributed by atoms with van der Waals surface area (Å²) in [4.78, 5) is 0. The minimum Gasteiger partial charge on any atom is -0.381 e. The third-order valence-corrected chi connectivity index (χ3v) is 5.76. The smallest absolute Gasteiger partial charge is 0.0399 e. The molecule has 1 heteroatoms. The van der Waals surface area contributed by atoms with E-state index in [1.54, 1.807) is 16.7 Å². The summed E-state index contributed by atoms with van der Waals surface area (Å²) in [6.45, 7) is 4.91. The molecule has 0 radical (unpaired) electrons. The number of fused-ring (bicyclic) bond motifs is 3. The first kappa shape index (κ1) is 11.6. The van der Waals surface area contributed by atoms with Crippen molar-refractivity contribution < 1.29 is 0 Å². The summed E-state index contributed by atoms with van der Waals surface area (Å²) in [7, 11) is 0. The molecule has 1 aromatic carbocycles. The van der Waals surface area contributed by atoms with E-state index in [1.165, 1.54) is 31.4 Å². The summed E-state index contributed by atoms with van der Waals surface area (Å²) in [5.41, 5.74) is 6.54. The SMILES string of the molecule is C[C@@H]1C2=C(CCCC2)[C@H](C)C2c3ccccc3NC21. The Morgan fingerprint density at radius 2 is 1.63 bits per heavy atom. The van der Waals surface area contributed by atoms with E-state index in [0.29, 0.717) is 17.9 Å². The van der Waals surface area contributed by atoms with Crippen LogP contribution in [0, 0.1) is 11.8 Å². The molecule has 2 aliphatic carbocycles. The molecule has 1 nitrogen and oxygen atoms in total. The molecule has 2 unspecified atom stereocenters. The molecule has 100 valence electrons. The van der Waals surface area contributed by atoms with Crippen LogP contribution in [0.2, 0.25) is 0 Å². The van der Waals surface area contributed by atoms with Crippen molar-refractivity contribution >= 4 is 5.69 Å². The zero-order valence-corrected chi connectivity index (χ0v) is 11.9. The second-order valence-electron chi connectivity index (χ2n) is 6.62. The van der Waals surface area contributed by atoms with Gasteiger partial charge in [-0.05, 0) is 49.1 Å². The standard InChI is InChI=1S/C18H23N/c1-11-13-7-3-4-8-14(13)12(2)18-17(11)15-9-5-6-10-16(15)19-18/h5-6,9-12,17-19H,3-4,7-8H2,1-2H3/t11-,12+,17?,18?/m0/s1. The minimum absolute atomic E-state index is 0.629. The lowest BCUT2D eigenvalue weighted by molar-refractivity contribution is 0.340. The van der Waals surface area contributed by atoms with E-state index in [-0.39, 0.29) is 0 Å². The molecule has 0 saturated heterocycles. The number of rotatable bonds is 0. The van der Waals surface area contributed by atoms with Crippen LogP contribution in [0.25, 0.3) is 0 Å². The van der Waals surface area contributed by atoms with E-state index in [9.17, 15) is 0 Å². The van der Waals surface area contributed by atoms with E-state index in [2.05, 4.69) is 43.4 Å².